The molecule has 1 unspecified atom stereocenters. The first-order chi connectivity index (χ1) is 20.3. The first kappa shape index (κ1) is 31.1. The molecular weight excluding hydrogens is 598 g/mol. The predicted octanol–water partition coefficient (Wildman–Crippen LogP) is 4.51. The van der Waals surface area contributed by atoms with Crippen LogP contribution >= 0.6 is 11.6 Å². The van der Waals surface area contributed by atoms with Crippen molar-refractivity contribution in [2.75, 3.05) is 19.0 Å². The molecule has 1 atom stereocenters. The van der Waals surface area contributed by atoms with Gasteiger partial charge in [0.1, 0.15) is 23.4 Å². The van der Waals surface area contributed by atoms with E-state index in [0.29, 0.717) is 5.69 Å². The Labute approximate surface area is 246 Å². The second-order valence-corrected chi connectivity index (χ2v) is 9.73. The Morgan fingerprint density at radius 2 is 1.81 bits per heavy atom. The minimum atomic E-state index is -4.63. The number of aryl methyl sites for hydroxylation is 1. The number of nitrogens with two attached hydrogens (primary N) is 1. The zero-order valence-corrected chi connectivity index (χ0v) is 23.4. The number of anilines is 1. The molecule has 15 heteroatoms. The van der Waals surface area contributed by atoms with Crippen LogP contribution in [-0.2, 0) is 18.3 Å². The quantitative estimate of drug-likeness (QED) is 0.251. The summed E-state index contributed by atoms with van der Waals surface area (Å²) in [5.74, 6) is -2.89. The standard InChI is InChI=1S/C28H24ClF4N5O5/c1-37-8-7-17(36-37)11-22(27(41)35-16-4-5-18(26(34)40)21(30)10-16)38-13-24(42-2)20(12-25(38)39)19-9-15(29)3-6-23(19)43-14-28(31,32)33/h3-10,12-13,22H,11,14H2,1-2H3,(H2,34,40)(H,35,41). The number of ether oxygens (including phenoxy) is 2. The number of methoxy groups -OCH3 is 1. The molecule has 3 N–H and O–H groups in total. The molecular formula is C28H24ClF4N5O5. The van der Waals surface area contributed by atoms with Gasteiger partial charge in [-0.2, -0.15) is 18.3 Å². The first-order valence-corrected chi connectivity index (χ1v) is 12.8. The van der Waals surface area contributed by atoms with Gasteiger partial charge in [0.05, 0.1) is 24.6 Å². The number of halogens is 5. The fraction of sp³-hybridized carbons (Fsp3) is 0.214. The van der Waals surface area contributed by atoms with Gasteiger partial charge >= 0.3 is 6.18 Å². The van der Waals surface area contributed by atoms with Gasteiger partial charge in [-0.3, -0.25) is 23.6 Å². The van der Waals surface area contributed by atoms with E-state index < -0.39 is 42.0 Å². The van der Waals surface area contributed by atoms with Gasteiger partial charge in [0.2, 0.25) is 5.91 Å². The third-order valence-electron chi connectivity index (χ3n) is 6.20. The summed E-state index contributed by atoms with van der Waals surface area (Å²) in [6.07, 6.45) is -1.86. The summed E-state index contributed by atoms with van der Waals surface area (Å²) in [5.41, 5.74) is 4.56. The fourth-order valence-corrected chi connectivity index (χ4v) is 4.42. The average Bonchev–Trinajstić information content (AvgIpc) is 3.34. The summed E-state index contributed by atoms with van der Waals surface area (Å²) >= 11 is 6.11. The lowest BCUT2D eigenvalue weighted by Crippen LogP contribution is -2.34. The van der Waals surface area contributed by atoms with Crippen LogP contribution in [0.1, 0.15) is 22.1 Å². The molecule has 2 aromatic heterocycles. The van der Waals surface area contributed by atoms with Gasteiger partial charge in [-0.05, 0) is 42.5 Å². The molecule has 4 aromatic rings. The molecule has 0 radical (unpaired) electrons. The van der Waals surface area contributed by atoms with Crippen molar-refractivity contribution < 1.29 is 36.6 Å². The van der Waals surface area contributed by atoms with Crippen LogP contribution in [0.2, 0.25) is 5.02 Å². The van der Waals surface area contributed by atoms with Crippen molar-refractivity contribution in [3.8, 4) is 22.6 Å². The zero-order valence-electron chi connectivity index (χ0n) is 22.6. The SMILES string of the molecule is COc1cn(C(Cc2ccn(C)n2)C(=O)Nc2ccc(C(N)=O)c(F)c2)c(=O)cc1-c1cc(Cl)ccc1OCC(F)(F)F. The number of hydrogen-bond acceptors (Lipinski definition) is 6. The smallest absolute Gasteiger partial charge is 0.422 e. The topological polar surface area (TPSA) is 130 Å². The van der Waals surface area contributed by atoms with E-state index in [9.17, 15) is 31.9 Å². The number of alkyl halides is 3. The number of pyridine rings is 1. The molecule has 0 aliphatic carbocycles. The second kappa shape index (κ2) is 12.6. The highest BCUT2D eigenvalue weighted by Crippen LogP contribution is 2.38. The van der Waals surface area contributed by atoms with Crippen molar-refractivity contribution in [2.45, 2.75) is 18.6 Å². The monoisotopic (exact) mass is 621 g/mol. The molecule has 10 nitrogen and oxygen atoms in total. The molecule has 0 saturated carbocycles. The molecule has 0 aliphatic heterocycles. The van der Waals surface area contributed by atoms with Crippen molar-refractivity contribution in [1.82, 2.24) is 14.3 Å². The van der Waals surface area contributed by atoms with Gasteiger partial charge < -0.3 is 20.5 Å². The largest absolute Gasteiger partial charge is 0.495 e. The lowest BCUT2D eigenvalue weighted by atomic mass is 10.0. The van der Waals surface area contributed by atoms with E-state index in [2.05, 4.69) is 10.4 Å². The number of aromatic nitrogens is 3. The minimum absolute atomic E-state index is 0.00871. The van der Waals surface area contributed by atoms with E-state index in [1.807, 2.05) is 0 Å². The average molecular weight is 622 g/mol. The van der Waals surface area contributed by atoms with Crippen LogP contribution in [0.15, 0.2) is 65.7 Å². The van der Waals surface area contributed by atoms with Gasteiger partial charge in [-0.25, -0.2) is 4.39 Å². The van der Waals surface area contributed by atoms with Crippen molar-refractivity contribution in [3.63, 3.8) is 0 Å². The van der Waals surface area contributed by atoms with E-state index in [4.69, 9.17) is 26.8 Å². The Balaban J connectivity index is 1.77. The Morgan fingerprint density at radius 1 is 1.09 bits per heavy atom. The fourth-order valence-electron chi connectivity index (χ4n) is 4.25. The maximum absolute atomic E-state index is 14.4. The Hall–Kier alpha value is -4.85. The summed E-state index contributed by atoms with van der Waals surface area (Å²) in [4.78, 5) is 38.4. The van der Waals surface area contributed by atoms with E-state index >= 15 is 0 Å². The lowest BCUT2D eigenvalue weighted by Gasteiger charge is -2.21. The Kier molecular flexibility index (Phi) is 9.09. The molecule has 0 spiro atoms. The highest BCUT2D eigenvalue weighted by atomic mass is 35.5. The number of primary amides is 1. The number of amides is 2. The van der Waals surface area contributed by atoms with Crippen molar-refractivity contribution in [2.24, 2.45) is 12.8 Å². The lowest BCUT2D eigenvalue weighted by molar-refractivity contribution is -0.153. The van der Waals surface area contributed by atoms with Crippen LogP contribution in [0.3, 0.4) is 0 Å². The van der Waals surface area contributed by atoms with Crippen molar-refractivity contribution in [3.05, 3.63) is 93.4 Å². The number of rotatable bonds is 10. The molecule has 43 heavy (non-hydrogen) atoms. The number of carbonyl (C=O) groups is 2. The van der Waals surface area contributed by atoms with Gasteiger partial charge in [0.15, 0.2) is 6.61 Å². The molecule has 0 fully saturated rings. The van der Waals surface area contributed by atoms with Gasteiger partial charge in [0, 0.05) is 47.6 Å². The molecule has 2 aromatic carbocycles. The summed E-state index contributed by atoms with van der Waals surface area (Å²) in [7, 11) is 2.93. The van der Waals surface area contributed by atoms with E-state index in [1.54, 1.807) is 19.3 Å². The van der Waals surface area contributed by atoms with Gasteiger partial charge in [-0.1, -0.05) is 11.6 Å². The van der Waals surface area contributed by atoms with Gasteiger partial charge in [0.25, 0.3) is 11.5 Å². The van der Waals surface area contributed by atoms with Crippen LogP contribution in [0.5, 0.6) is 11.5 Å². The summed E-state index contributed by atoms with van der Waals surface area (Å²) in [6, 6.07) is 8.61. The highest BCUT2D eigenvalue weighted by Gasteiger charge is 2.30. The molecule has 2 heterocycles. The van der Waals surface area contributed by atoms with Crippen LogP contribution in [-0.4, -0.2) is 46.1 Å². The molecule has 2 amide bonds. The van der Waals surface area contributed by atoms with E-state index in [1.165, 1.54) is 42.3 Å². The van der Waals surface area contributed by atoms with Crippen LogP contribution in [0, 0.1) is 5.82 Å². The minimum Gasteiger partial charge on any atom is -0.495 e. The first-order valence-electron chi connectivity index (χ1n) is 12.4. The number of nitrogens with zero attached hydrogens (tertiary/aromatic N) is 3. The highest BCUT2D eigenvalue weighted by molar-refractivity contribution is 6.31. The van der Waals surface area contributed by atoms with Crippen molar-refractivity contribution in [1.29, 1.82) is 0 Å². The number of hydrogen-bond donors (Lipinski definition) is 2. The maximum Gasteiger partial charge on any atom is 0.422 e. The number of benzene rings is 2. The van der Waals surface area contributed by atoms with Crippen LogP contribution < -0.4 is 26.1 Å². The van der Waals surface area contributed by atoms with Crippen LogP contribution in [0.25, 0.3) is 11.1 Å². The number of nitrogens with one attached hydrogen (secondary N) is 1. The third kappa shape index (κ3) is 7.52. The maximum atomic E-state index is 14.4. The molecule has 0 aliphatic rings. The molecule has 0 saturated heterocycles. The summed E-state index contributed by atoms with van der Waals surface area (Å²) < 4.78 is 66.0. The predicted molar refractivity (Wildman–Crippen MR) is 149 cm³/mol. The van der Waals surface area contributed by atoms with E-state index in [0.717, 1.165) is 22.8 Å². The van der Waals surface area contributed by atoms with Gasteiger partial charge in [-0.15, -0.1) is 0 Å². The Bertz CT molecular complexity index is 1740. The number of carbonyl (C=O) groups excluding carboxylic acids is 2. The normalized spacial score (nSPS) is 12.1. The summed E-state index contributed by atoms with van der Waals surface area (Å²) in [6.45, 7) is -1.59. The Morgan fingerprint density at radius 3 is 2.42 bits per heavy atom. The molecule has 0 bridgehead atoms. The zero-order chi connectivity index (χ0) is 31.5. The third-order valence-corrected chi connectivity index (χ3v) is 6.43. The van der Waals surface area contributed by atoms with Crippen LogP contribution in [0.4, 0.5) is 23.2 Å². The molecule has 4 rings (SSSR count). The van der Waals surface area contributed by atoms with E-state index in [-0.39, 0.29) is 45.3 Å². The molecule has 226 valence electrons. The second-order valence-electron chi connectivity index (χ2n) is 9.29. The summed E-state index contributed by atoms with van der Waals surface area (Å²) in [5, 5.41) is 6.94. The van der Waals surface area contributed by atoms with Crippen molar-refractivity contribution >= 4 is 29.1 Å².